The van der Waals surface area contributed by atoms with Crippen molar-refractivity contribution in [2.24, 2.45) is 0 Å². The summed E-state index contributed by atoms with van der Waals surface area (Å²) in [6.45, 7) is 6.52. The summed E-state index contributed by atoms with van der Waals surface area (Å²) in [5, 5.41) is 0. The fraction of sp³-hybridized carbons (Fsp3) is 0.766. The van der Waals surface area contributed by atoms with Crippen molar-refractivity contribution >= 4 is 17.9 Å². The molecule has 0 fully saturated rings. The minimum Gasteiger partial charge on any atom is -0.462 e. The lowest BCUT2D eigenvalue weighted by Crippen LogP contribution is -2.30. The van der Waals surface area contributed by atoms with Crippen molar-refractivity contribution in [3.05, 3.63) is 72.9 Å². The van der Waals surface area contributed by atoms with Crippen molar-refractivity contribution < 1.29 is 28.6 Å². The summed E-state index contributed by atoms with van der Waals surface area (Å²) in [5.74, 6) is -0.907. The molecule has 0 aromatic rings. The molecule has 0 saturated carbocycles. The fourth-order valence-electron chi connectivity index (χ4n) is 8.47. The Hall–Kier alpha value is -3.15. The van der Waals surface area contributed by atoms with Crippen molar-refractivity contribution in [3.63, 3.8) is 0 Å². The zero-order chi connectivity index (χ0) is 50.7. The van der Waals surface area contributed by atoms with E-state index >= 15 is 0 Å². The predicted molar refractivity (Wildman–Crippen MR) is 302 cm³/mol. The van der Waals surface area contributed by atoms with Crippen LogP contribution in [0, 0.1) is 0 Å². The van der Waals surface area contributed by atoms with Crippen LogP contribution in [0.25, 0.3) is 0 Å². The van der Waals surface area contributed by atoms with Crippen LogP contribution in [-0.2, 0) is 28.6 Å². The lowest BCUT2D eigenvalue weighted by Gasteiger charge is -2.18. The van der Waals surface area contributed by atoms with E-state index in [2.05, 4.69) is 93.7 Å². The molecule has 0 aliphatic carbocycles. The standard InChI is InChI=1S/C64H112O6/c1-4-7-10-13-16-19-22-25-27-29-31-32-34-36-38-40-43-46-49-52-55-58-64(67)70-61(59-68-62(65)56-53-50-47-44-41-24-21-18-15-12-9-6-3)60-69-63(66)57-54-51-48-45-42-39-37-35-33-30-28-26-23-20-17-14-11-8-5-2/h8,11,17,20,25-28,33,35,39,42,61H,4-7,9-10,12-16,18-19,21-24,29-32,34,36-38,40-41,43-60H2,1-3H3/b11-8-,20-17-,27-25-,28-26-,35-33-,42-39-/t61-/m0/s1. The molecule has 0 unspecified atom stereocenters. The first-order valence-corrected chi connectivity index (χ1v) is 29.9. The molecule has 1 atom stereocenters. The smallest absolute Gasteiger partial charge is 0.306 e. The van der Waals surface area contributed by atoms with Gasteiger partial charge >= 0.3 is 17.9 Å². The second-order valence-corrected chi connectivity index (χ2v) is 19.9. The second kappa shape index (κ2) is 58.4. The number of allylic oxidation sites excluding steroid dienone is 12. The van der Waals surface area contributed by atoms with Gasteiger partial charge in [0, 0.05) is 19.3 Å². The third kappa shape index (κ3) is 55.8. The molecule has 0 aromatic heterocycles. The van der Waals surface area contributed by atoms with Crippen LogP contribution < -0.4 is 0 Å². The molecule has 0 aromatic carbocycles. The van der Waals surface area contributed by atoms with Crippen molar-refractivity contribution in [1.82, 2.24) is 0 Å². The third-order valence-corrected chi connectivity index (χ3v) is 12.9. The molecular formula is C64H112O6. The van der Waals surface area contributed by atoms with E-state index in [4.69, 9.17) is 14.2 Å². The molecule has 0 amide bonds. The highest BCUT2D eigenvalue weighted by atomic mass is 16.6. The minimum absolute atomic E-state index is 0.0836. The molecule has 0 saturated heterocycles. The van der Waals surface area contributed by atoms with E-state index in [0.717, 1.165) is 96.3 Å². The van der Waals surface area contributed by atoms with E-state index in [9.17, 15) is 14.4 Å². The molecule has 0 bridgehead atoms. The van der Waals surface area contributed by atoms with Crippen molar-refractivity contribution in [2.45, 2.75) is 303 Å². The highest BCUT2D eigenvalue weighted by molar-refractivity contribution is 5.71. The molecule has 0 rings (SSSR count). The van der Waals surface area contributed by atoms with Gasteiger partial charge in [-0.05, 0) is 89.9 Å². The minimum atomic E-state index is -0.788. The largest absolute Gasteiger partial charge is 0.462 e. The maximum absolute atomic E-state index is 12.9. The first-order valence-electron chi connectivity index (χ1n) is 29.9. The van der Waals surface area contributed by atoms with Gasteiger partial charge < -0.3 is 14.2 Å². The summed E-state index contributed by atoms with van der Waals surface area (Å²) in [6.07, 6.45) is 74.7. The van der Waals surface area contributed by atoms with Gasteiger partial charge in [0.25, 0.3) is 0 Å². The maximum Gasteiger partial charge on any atom is 0.306 e. The average molecular weight is 978 g/mol. The van der Waals surface area contributed by atoms with Crippen LogP contribution in [0.1, 0.15) is 297 Å². The topological polar surface area (TPSA) is 78.9 Å². The zero-order valence-electron chi connectivity index (χ0n) is 46.3. The van der Waals surface area contributed by atoms with E-state index in [1.54, 1.807) is 0 Å². The van der Waals surface area contributed by atoms with Crippen LogP contribution in [0.4, 0.5) is 0 Å². The lowest BCUT2D eigenvalue weighted by atomic mass is 10.0. The van der Waals surface area contributed by atoms with Gasteiger partial charge in [0.2, 0.25) is 0 Å². The Bertz CT molecular complexity index is 1310. The van der Waals surface area contributed by atoms with Gasteiger partial charge in [-0.1, -0.05) is 261 Å². The third-order valence-electron chi connectivity index (χ3n) is 12.9. The Morgan fingerprint density at radius 2 is 0.557 bits per heavy atom. The van der Waals surface area contributed by atoms with E-state index in [-0.39, 0.29) is 31.1 Å². The molecule has 70 heavy (non-hydrogen) atoms. The van der Waals surface area contributed by atoms with Crippen LogP contribution in [0.2, 0.25) is 0 Å². The Morgan fingerprint density at radius 1 is 0.300 bits per heavy atom. The molecular weight excluding hydrogens is 865 g/mol. The summed E-state index contributed by atoms with van der Waals surface area (Å²) in [4.78, 5) is 38.2. The molecule has 404 valence electrons. The van der Waals surface area contributed by atoms with E-state index in [0.29, 0.717) is 19.3 Å². The molecule has 0 spiro atoms. The normalized spacial score (nSPS) is 12.6. The molecule has 0 heterocycles. The van der Waals surface area contributed by atoms with Gasteiger partial charge in [0.05, 0.1) is 0 Å². The van der Waals surface area contributed by atoms with E-state index < -0.39 is 6.10 Å². The summed E-state index contributed by atoms with van der Waals surface area (Å²) >= 11 is 0. The number of hydrogen-bond acceptors (Lipinski definition) is 6. The number of ether oxygens (including phenoxy) is 3. The van der Waals surface area contributed by atoms with Crippen molar-refractivity contribution in [3.8, 4) is 0 Å². The van der Waals surface area contributed by atoms with Crippen LogP contribution >= 0.6 is 0 Å². The first kappa shape index (κ1) is 66.9. The number of hydrogen-bond donors (Lipinski definition) is 0. The Kier molecular flexibility index (Phi) is 55.8. The predicted octanol–water partition coefficient (Wildman–Crippen LogP) is 20.2. The SMILES string of the molecule is CC/C=C\C/C=C\C/C=C\C/C=C\C/C=C\CCCCCC(=O)OC[C@H](COC(=O)CCCCCCCCCCCCCC)OC(=O)CCCCCCCCCCCCC/C=C\CCCCCCCC. The quantitative estimate of drug-likeness (QED) is 0.0261. The molecule has 0 aliphatic heterocycles. The van der Waals surface area contributed by atoms with Gasteiger partial charge in [-0.2, -0.15) is 0 Å². The molecule has 6 nitrogen and oxygen atoms in total. The molecule has 0 N–H and O–H groups in total. The summed E-state index contributed by atoms with van der Waals surface area (Å²) < 4.78 is 16.9. The monoisotopic (exact) mass is 977 g/mol. The first-order chi connectivity index (χ1) is 34.5. The summed E-state index contributed by atoms with van der Waals surface area (Å²) in [5.41, 5.74) is 0. The highest BCUT2D eigenvalue weighted by Crippen LogP contribution is 2.16. The Balaban J connectivity index is 4.37. The molecule has 0 radical (unpaired) electrons. The summed E-state index contributed by atoms with van der Waals surface area (Å²) in [7, 11) is 0. The van der Waals surface area contributed by atoms with Crippen LogP contribution in [0.3, 0.4) is 0 Å². The number of rotatable bonds is 54. The second-order valence-electron chi connectivity index (χ2n) is 19.9. The fourth-order valence-corrected chi connectivity index (χ4v) is 8.47. The lowest BCUT2D eigenvalue weighted by molar-refractivity contribution is -0.167. The average Bonchev–Trinajstić information content (AvgIpc) is 3.36. The van der Waals surface area contributed by atoms with E-state index in [1.807, 2.05) is 0 Å². The Morgan fingerprint density at radius 3 is 0.900 bits per heavy atom. The molecule has 0 aliphatic rings. The zero-order valence-corrected chi connectivity index (χ0v) is 46.3. The number of unbranched alkanes of at least 4 members (excludes halogenated alkanes) is 31. The number of carbonyl (C=O) groups excluding carboxylic acids is 3. The van der Waals surface area contributed by atoms with Gasteiger partial charge in [-0.3, -0.25) is 14.4 Å². The van der Waals surface area contributed by atoms with Gasteiger partial charge in [-0.15, -0.1) is 0 Å². The van der Waals surface area contributed by atoms with Gasteiger partial charge in [0.1, 0.15) is 13.2 Å². The van der Waals surface area contributed by atoms with Crippen LogP contribution in [0.5, 0.6) is 0 Å². The Labute approximate surface area is 433 Å². The maximum atomic E-state index is 12.9. The van der Waals surface area contributed by atoms with E-state index in [1.165, 1.54) is 161 Å². The van der Waals surface area contributed by atoms with Crippen LogP contribution in [0.15, 0.2) is 72.9 Å². The summed E-state index contributed by atoms with van der Waals surface area (Å²) in [6, 6.07) is 0. The highest BCUT2D eigenvalue weighted by Gasteiger charge is 2.19. The number of carbonyl (C=O) groups is 3. The van der Waals surface area contributed by atoms with Gasteiger partial charge in [-0.25, -0.2) is 0 Å². The number of esters is 3. The molecule has 6 heteroatoms. The van der Waals surface area contributed by atoms with Crippen LogP contribution in [-0.4, -0.2) is 37.2 Å². The van der Waals surface area contributed by atoms with Gasteiger partial charge in [0.15, 0.2) is 6.10 Å². The van der Waals surface area contributed by atoms with Crippen molar-refractivity contribution in [2.75, 3.05) is 13.2 Å². The van der Waals surface area contributed by atoms with Crippen molar-refractivity contribution in [1.29, 1.82) is 0 Å².